The molecule has 3 rings (SSSR count). The fourth-order valence-corrected chi connectivity index (χ4v) is 3.33. The molecule has 2 aliphatic heterocycles. The highest BCUT2D eigenvalue weighted by Crippen LogP contribution is 2.29. The summed E-state index contributed by atoms with van der Waals surface area (Å²) in [6.45, 7) is 1.18. The maximum absolute atomic E-state index is 12.5. The van der Waals surface area contributed by atoms with Gasteiger partial charge in [-0.15, -0.1) is 0 Å². The number of benzene rings is 1. The first-order chi connectivity index (χ1) is 11.9. The highest BCUT2D eigenvalue weighted by atomic mass is 35.5. The van der Waals surface area contributed by atoms with Crippen LogP contribution in [0.25, 0.3) is 0 Å². The number of carbonyl (C=O) groups excluding carboxylic acids is 3. The minimum absolute atomic E-state index is 0.0157. The molecule has 2 aliphatic rings. The van der Waals surface area contributed by atoms with Crippen molar-refractivity contribution in [3.05, 3.63) is 28.2 Å². The second-order valence-electron chi connectivity index (χ2n) is 6.20. The minimum atomic E-state index is -0.734. The Morgan fingerprint density at radius 1 is 1.28 bits per heavy atom. The van der Waals surface area contributed by atoms with Crippen LogP contribution < -0.4 is 16.0 Å². The third-order valence-electron chi connectivity index (χ3n) is 4.40. The zero-order valence-corrected chi connectivity index (χ0v) is 14.9. The van der Waals surface area contributed by atoms with Gasteiger partial charge in [0.05, 0.1) is 15.7 Å². The van der Waals surface area contributed by atoms with E-state index < -0.39 is 18.0 Å². The smallest absolute Gasteiger partial charge is 0.329 e. The molecule has 2 saturated heterocycles. The Labute approximate surface area is 155 Å². The van der Waals surface area contributed by atoms with Crippen molar-refractivity contribution in [1.82, 2.24) is 10.2 Å². The number of rotatable bonds is 4. The molecule has 0 bridgehead atoms. The molecule has 4 amide bonds. The number of nitrogens with two attached hydrogens (primary N) is 1. The van der Waals surface area contributed by atoms with Crippen LogP contribution in [0.5, 0.6) is 0 Å². The molecule has 0 spiro atoms. The average molecular weight is 385 g/mol. The average Bonchev–Trinajstić information content (AvgIpc) is 3.12. The van der Waals surface area contributed by atoms with Crippen LogP contribution >= 0.6 is 23.2 Å². The molecule has 0 saturated carbocycles. The van der Waals surface area contributed by atoms with Gasteiger partial charge < -0.3 is 16.0 Å². The third kappa shape index (κ3) is 3.73. The number of amides is 4. The van der Waals surface area contributed by atoms with Crippen molar-refractivity contribution in [1.29, 1.82) is 0 Å². The summed E-state index contributed by atoms with van der Waals surface area (Å²) >= 11 is 11.8. The molecule has 134 valence electrons. The SMILES string of the molecule is N[C@H]1CCN(C(=O)CC[C@@H]2NC(=O)N(c3ccc(Cl)c(Cl)c3)C2=O)C1. The van der Waals surface area contributed by atoms with Crippen molar-refractivity contribution in [3.8, 4) is 0 Å². The molecule has 7 nitrogen and oxygen atoms in total. The Kier molecular flexibility index (Phi) is 5.17. The van der Waals surface area contributed by atoms with Gasteiger partial charge in [0.25, 0.3) is 5.91 Å². The third-order valence-corrected chi connectivity index (χ3v) is 5.14. The van der Waals surface area contributed by atoms with Crippen molar-refractivity contribution in [2.75, 3.05) is 18.0 Å². The molecule has 0 unspecified atom stereocenters. The maximum atomic E-state index is 12.5. The molecule has 2 atom stereocenters. The van der Waals surface area contributed by atoms with E-state index in [4.69, 9.17) is 28.9 Å². The summed E-state index contributed by atoms with van der Waals surface area (Å²) in [7, 11) is 0. The maximum Gasteiger partial charge on any atom is 0.329 e. The topological polar surface area (TPSA) is 95.7 Å². The van der Waals surface area contributed by atoms with Gasteiger partial charge in [0.2, 0.25) is 5.91 Å². The Bertz CT molecular complexity index is 727. The van der Waals surface area contributed by atoms with Gasteiger partial charge in [0.1, 0.15) is 6.04 Å². The summed E-state index contributed by atoms with van der Waals surface area (Å²) in [5.41, 5.74) is 6.14. The standard InChI is InChI=1S/C16H18Cl2N4O3/c17-11-2-1-10(7-12(11)18)22-15(24)13(20-16(22)25)3-4-14(23)21-6-5-9(19)8-21/h1-2,7,9,13H,3-6,8,19H2,(H,20,25)/t9-,13-/m0/s1. The predicted molar refractivity (Wildman–Crippen MR) is 94.7 cm³/mol. The van der Waals surface area contributed by atoms with Crippen LogP contribution in [0.1, 0.15) is 19.3 Å². The van der Waals surface area contributed by atoms with E-state index in [1.54, 1.807) is 11.0 Å². The van der Waals surface area contributed by atoms with Crippen molar-refractivity contribution in [2.24, 2.45) is 5.73 Å². The Morgan fingerprint density at radius 3 is 2.68 bits per heavy atom. The predicted octanol–water partition coefficient (Wildman–Crippen LogP) is 1.76. The molecule has 3 N–H and O–H groups in total. The number of halogens is 2. The molecule has 9 heteroatoms. The second-order valence-corrected chi connectivity index (χ2v) is 7.02. The number of anilines is 1. The first-order valence-corrected chi connectivity index (χ1v) is 8.75. The summed E-state index contributed by atoms with van der Waals surface area (Å²) in [5.74, 6) is -0.461. The molecule has 25 heavy (non-hydrogen) atoms. The number of urea groups is 1. The molecule has 0 aliphatic carbocycles. The molecule has 0 radical (unpaired) electrons. The van der Waals surface area contributed by atoms with E-state index >= 15 is 0 Å². The Balaban J connectivity index is 1.63. The second kappa shape index (κ2) is 7.19. The number of likely N-dealkylation sites (tertiary alicyclic amines) is 1. The first-order valence-electron chi connectivity index (χ1n) is 7.99. The lowest BCUT2D eigenvalue weighted by Gasteiger charge is -2.17. The molecule has 2 heterocycles. The highest BCUT2D eigenvalue weighted by molar-refractivity contribution is 6.42. The lowest BCUT2D eigenvalue weighted by molar-refractivity contribution is -0.130. The van der Waals surface area contributed by atoms with E-state index in [-0.39, 0.29) is 29.8 Å². The van der Waals surface area contributed by atoms with Gasteiger partial charge in [-0.05, 0) is 31.0 Å². The summed E-state index contributed by atoms with van der Waals surface area (Å²) in [6.07, 6.45) is 1.21. The van der Waals surface area contributed by atoms with Crippen molar-refractivity contribution < 1.29 is 14.4 Å². The van der Waals surface area contributed by atoms with Gasteiger partial charge in [-0.2, -0.15) is 0 Å². The highest BCUT2D eigenvalue weighted by Gasteiger charge is 2.39. The van der Waals surface area contributed by atoms with E-state index in [1.165, 1.54) is 12.1 Å². The fraction of sp³-hybridized carbons (Fsp3) is 0.438. The van der Waals surface area contributed by atoms with Gasteiger partial charge in [-0.3, -0.25) is 9.59 Å². The van der Waals surface area contributed by atoms with Crippen LogP contribution in [0, 0.1) is 0 Å². The minimum Gasteiger partial charge on any atom is -0.341 e. The molecular formula is C16H18Cl2N4O3. The summed E-state index contributed by atoms with van der Waals surface area (Å²) in [6, 6.07) is 3.27. The van der Waals surface area contributed by atoms with E-state index in [2.05, 4.69) is 5.32 Å². The zero-order chi connectivity index (χ0) is 18.1. The summed E-state index contributed by atoms with van der Waals surface area (Å²) in [4.78, 5) is 39.5. The van der Waals surface area contributed by atoms with Gasteiger partial charge in [0, 0.05) is 25.6 Å². The van der Waals surface area contributed by atoms with E-state index in [9.17, 15) is 14.4 Å². The number of imide groups is 1. The Morgan fingerprint density at radius 2 is 2.04 bits per heavy atom. The first kappa shape index (κ1) is 18.0. The Hall–Kier alpha value is -1.83. The largest absolute Gasteiger partial charge is 0.341 e. The molecular weight excluding hydrogens is 367 g/mol. The van der Waals surface area contributed by atoms with Crippen LogP contribution in [0.15, 0.2) is 18.2 Å². The zero-order valence-electron chi connectivity index (χ0n) is 13.4. The molecule has 0 aromatic heterocycles. The lowest BCUT2D eigenvalue weighted by atomic mass is 10.1. The van der Waals surface area contributed by atoms with Crippen molar-refractivity contribution in [3.63, 3.8) is 0 Å². The van der Waals surface area contributed by atoms with Gasteiger partial charge in [-0.25, -0.2) is 9.69 Å². The fourth-order valence-electron chi connectivity index (χ4n) is 3.04. The van der Waals surface area contributed by atoms with Gasteiger partial charge in [0.15, 0.2) is 0 Å². The van der Waals surface area contributed by atoms with Crippen LogP contribution in [0.2, 0.25) is 10.0 Å². The normalized spacial score (nSPS) is 23.3. The number of hydrogen-bond acceptors (Lipinski definition) is 4. The molecule has 1 aromatic rings. The van der Waals surface area contributed by atoms with Crippen LogP contribution in [0.3, 0.4) is 0 Å². The van der Waals surface area contributed by atoms with E-state index in [0.29, 0.717) is 23.8 Å². The van der Waals surface area contributed by atoms with E-state index in [0.717, 1.165) is 11.3 Å². The van der Waals surface area contributed by atoms with Crippen LogP contribution in [-0.4, -0.2) is 47.9 Å². The van der Waals surface area contributed by atoms with E-state index in [1.807, 2.05) is 0 Å². The van der Waals surface area contributed by atoms with Crippen molar-refractivity contribution in [2.45, 2.75) is 31.3 Å². The lowest BCUT2D eigenvalue weighted by Crippen LogP contribution is -2.35. The van der Waals surface area contributed by atoms with Gasteiger partial charge >= 0.3 is 6.03 Å². The number of carbonyl (C=O) groups is 3. The van der Waals surface area contributed by atoms with Gasteiger partial charge in [-0.1, -0.05) is 23.2 Å². The summed E-state index contributed by atoms with van der Waals surface area (Å²) < 4.78 is 0. The van der Waals surface area contributed by atoms with Crippen LogP contribution in [0.4, 0.5) is 10.5 Å². The quantitative estimate of drug-likeness (QED) is 0.772. The molecule has 2 fully saturated rings. The van der Waals surface area contributed by atoms with Crippen molar-refractivity contribution >= 4 is 46.7 Å². The van der Waals surface area contributed by atoms with Crippen LogP contribution in [-0.2, 0) is 9.59 Å². The monoisotopic (exact) mass is 384 g/mol. The number of nitrogens with zero attached hydrogens (tertiary/aromatic N) is 2. The summed E-state index contributed by atoms with van der Waals surface area (Å²) in [5, 5.41) is 3.20. The molecule has 1 aromatic carbocycles. The number of nitrogens with one attached hydrogen (secondary N) is 1. The number of hydrogen-bond donors (Lipinski definition) is 2.